The van der Waals surface area contributed by atoms with Crippen molar-refractivity contribution in [3.63, 3.8) is 0 Å². The number of morpholine rings is 1. The Bertz CT molecular complexity index is 925. The Morgan fingerprint density at radius 3 is 2.48 bits per heavy atom. The summed E-state index contributed by atoms with van der Waals surface area (Å²) in [6.07, 6.45) is 0.754. The number of sulfonamides is 1. The first kappa shape index (κ1) is 20.2. The summed E-state index contributed by atoms with van der Waals surface area (Å²) >= 11 is 0. The van der Waals surface area contributed by atoms with Crippen molar-refractivity contribution in [2.45, 2.75) is 36.8 Å². The van der Waals surface area contributed by atoms with E-state index in [1.807, 2.05) is 48.2 Å². The molecule has 6 nitrogen and oxygen atoms in total. The van der Waals surface area contributed by atoms with Crippen LogP contribution in [-0.4, -0.2) is 51.5 Å². The molecule has 29 heavy (non-hydrogen) atoms. The Balaban J connectivity index is 1.46. The van der Waals surface area contributed by atoms with Gasteiger partial charge in [-0.3, -0.25) is 4.79 Å². The van der Waals surface area contributed by atoms with Gasteiger partial charge in [0.1, 0.15) is 5.60 Å². The van der Waals surface area contributed by atoms with Crippen LogP contribution in [0.15, 0.2) is 59.5 Å². The minimum absolute atomic E-state index is 0.0276. The van der Waals surface area contributed by atoms with Crippen LogP contribution in [0.1, 0.15) is 24.0 Å². The first-order chi connectivity index (χ1) is 13.9. The highest BCUT2D eigenvalue weighted by molar-refractivity contribution is 7.95. The van der Waals surface area contributed by atoms with Crippen LogP contribution in [0.2, 0.25) is 0 Å². The maximum atomic E-state index is 13.2. The van der Waals surface area contributed by atoms with Gasteiger partial charge in [0.25, 0.3) is 5.91 Å². The zero-order valence-electron chi connectivity index (χ0n) is 16.6. The summed E-state index contributed by atoms with van der Waals surface area (Å²) in [7, 11) is -3.57. The lowest BCUT2D eigenvalue weighted by molar-refractivity contribution is -0.179. The lowest BCUT2D eigenvalue weighted by atomic mass is 9.89. The first-order valence-electron chi connectivity index (χ1n) is 9.95. The van der Waals surface area contributed by atoms with Gasteiger partial charge in [-0.25, -0.2) is 0 Å². The average Bonchev–Trinajstić information content (AvgIpc) is 2.73. The summed E-state index contributed by atoms with van der Waals surface area (Å²) in [5, 5.41) is 0. The number of amides is 1. The number of carbonyl (C=O) groups excluding carboxylic acids is 1. The van der Waals surface area contributed by atoms with Crippen LogP contribution in [0.4, 0.5) is 0 Å². The predicted octanol–water partition coefficient (Wildman–Crippen LogP) is 2.79. The van der Waals surface area contributed by atoms with Gasteiger partial charge in [0.15, 0.2) is 15.3 Å². The third-order valence-corrected chi connectivity index (χ3v) is 7.68. The van der Waals surface area contributed by atoms with Crippen molar-refractivity contribution < 1.29 is 18.3 Å². The first-order valence-corrected chi connectivity index (χ1v) is 11.4. The van der Waals surface area contributed by atoms with E-state index < -0.39 is 16.0 Å². The minimum Gasteiger partial charge on any atom is -0.593 e. The molecule has 2 aliphatic heterocycles. The number of rotatable bonds is 4. The summed E-state index contributed by atoms with van der Waals surface area (Å²) < 4.78 is 33.4. The van der Waals surface area contributed by atoms with E-state index >= 15 is 0 Å². The molecule has 0 bridgehead atoms. The van der Waals surface area contributed by atoms with Gasteiger partial charge in [0.2, 0.25) is 0 Å². The summed E-state index contributed by atoms with van der Waals surface area (Å²) in [4.78, 5) is 15.3. The summed E-state index contributed by atoms with van der Waals surface area (Å²) in [6.45, 7) is 4.02. The van der Waals surface area contributed by atoms with Crippen LogP contribution in [0.3, 0.4) is 0 Å². The number of piperidine rings is 1. The third-order valence-electron chi connectivity index (χ3n) is 5.79. The molecule has 0 saturated carbocycles. The van der Waals surface area contributed by atoms with Crippen molar-refractivity contribution in [1.82, 2.24) is 9.21 Å². The monoisotopic (exact) mass is 414 g/mol. The molecular formula is C22H26N2O4S. The number of ether oxygens (including phenoxy) is 1. The van der Waals surface area contributed by atoms with Crippen LogP contribution in [0.5, 0.6) is 0 Å². The van der Waals surface area contributed by atoms with Crippen LogP contribution >= 0.6 is 0 Å². The Kier molecular flexibility index (Phi) is 5.57. The number of nitrogens with zero attached hydrogens (tertiary/aromatic N) is 2. The topological polar surface area (TPSA) is 72.9 Å². The van der Waals surface area contributed by atoms with Crippen molar-refractivity contribution in [1.29, 1.82) is 0 Å². The van der Waals surface area contributed by atoms with Gasteiger partial charge in [-0.1, -0.05) is 46.7 Å². The number of hydrogen-bond acceptors (Lipinski definition) is 4. The Hall–Kier alpha value is -2.06. The van der Waals surface area contributed by atoms with Crippen molar-refractivity contribution in [3.05, 3.63) is 65.7 Å². The zero-order chi connectivity index (χ0) is 20.5. The van der Waals surface area contributed by atoms with Gasteiger partial charge >= 0.3 is 0 Å². The van der Waals surface area contributed by atoms with E-state index in [-0.39, 0.29) is 19.0 Å². The van der Waals surface area contributed by atoms with Crippen LogP contribution in [-0.2, 0) is 30.7 Å². The molecule has 1 atom stereocenters. The second-order valence-electron chi connectivity index (χ2n) is 7.78. The lowest BCUT2D eigenvalue weighted by Gasteiger charge is -2.45. The second-order valence-corrected chi connectivity index (χ2v) is 9.71. The van der Waals surface area contributed by atoms with Gasteiger partial charge in [-0.2, -0.15) is 0 Å². The van der Waals surface area contributed by atoms with Crippen molar-refractivity contribution in [2.24, 2.45) is 0 Å². The molecule has 2 fully saturated rings. The quantitative estimate of drug-likeness (QED) is 0.721. The maximum absolute atomic E-state index is 13.2. The molecular weight excluding hydrogens is 388 g/mol. The molecule has 0 radical (unpaired) electrons. The Morgan fingerprint density at radius 1 is 1.07 bits per heavy atom. The molecule has 1 unspecified atom stereocenters. The number of aryl methyl sites for hydroxylation is 1. The highest BCUT2D eigenvalue weighted by atomic mass is 32.3. The molecule has 0 aliphatic carbocycles. The molecule has 0 aromatic heterocycles. The molecule has 1 spiro atoms. The lowest BCUT2D eigenvalue weighted by Crippen LogP contribution is -2.61. The van der Waals surface area contributed by atoms with E-state index in [1.54, 1.807) is 18.2 Å². The van der Waals surface area contributed by atoms with Crippen molar-refractivity contribution >= 4 is 16.3 Å². The number of benzene rings is 2. The number of carbonyl (C=O) groups is 1. The fourth-order valence-corrected chi connectivity index (χ4v) is 5.67. The highest BCUT2D eigenvalue weighted by Crippen LogP contribution is 2.35. The Morgan fingerprint density at radius 2 is 1.79 bits per heavy atom. The molecule has 2 heterocycles. The van der Waals surface area contributed by atoms with Gasteiger partial charge in [-0.05, 0) is 30.2 Å². The van der Waals surface area contributed by atoms with Crippen LogP contribution in [0.25, 0.3) is 0 Å². The molecule has 1 amide bonds. The fraction of sp³-hybridized carbons (Fsp3) is 0.409. The van der Waals surface area contributed by atoms with Crippen LogP contribution in [0, 0.1) is 6.92 Å². The molecule has 4 rings (SSSR count). The molecule has 0 N–H and O–H groups in total. The summed E-state index contributed by atoms with van der Waals surface area (Å²) in [5.74, 6) is -0.0276. The zero-order valence-corrected chi connectivity index (χ0v) is 17.4. The molecule has 2 aromatic rings. The van der Waals surface area contributed by atoms with E-state index in [1.165, 1.54) is 4.31 Å². The van der Waals surface area contributed by atoms with E-state index in [9.17, 15) is 13.6 Å². The molecule has 2 saturated heterocycles. The van der Waals surface area contributed by atoms with Gasteiger partial charge in [-0.15, -0.1) is 4.31 Å². The molecule has 2 aromatic carbocycles. The van der Waals surface area contributed by atoms with E-state index in [4.69, 9.17) is 4.74 Å². The molecule has 154 valence electrons. The summed E-state index contributed by atoms with van der Waals surface area (Å²) in [5.41, 5.74) is 1.07. The minimum atomic E-state index is -3.57. The average molecular weight is 415 g/mol. The van der Waals surface area contributed by atoms with E-state index in [0.29, 0.717) is 37.4 Å². The van der Waals surface area contributed by atoms with Gasteiger partial charge < -0.3 is 14.2 Å². The maximum Gasteiger partial charge on any atom is 0.255 e. The summed E-state index contributed by atoms with van der Waals surface area (Å²) in [6, 6.07) is 16.8. The van der Waals surface area contributed by atoms with Crippen molar-refractivity contribution in [2.75, 3.05) is 26.2 Å². The predicted molar refractivity (Wildman–Crippen MR) is 110 cm³/mol. The second kappa shape index (κ2) is 7.99. The normalized spacial score (nSPS) is 21.9. The standard InChI is InChI=1S/C22H26N2O4S/c1-18-6-5-9-20(16-18)29(26,27)24-12-10-22(11-13-24)21(25)23(14-15-28-22)17-19-7-3-2-4-8-19/h2-9,16H,10-15,17H2,1H3. The third kappa shape index (κ3) is 4.00. The smallest absolute Gasteiger partial charge is 0.255 e. The highest BCUT2D eigenvalue weighted by Gasteiger charge is 2.50. The van der Waals surface area contributed by atoms with Crippen molar-refractivity contribution in [3.8, 4) is 0 Å². The van der Waals surface area contributed by atoms with E-state index in [2.05, 4.69) is 0 Å². The van der Waals surface area contributed by atoms with E-state index in [0.717, 1.165) is 11.1 Å². The SMILES string of the molecule is Cc1cccc([S+](=O)([O-])N2CCC3(CC2)OCCN(Cc2ccccc2)C3=O)c1. The van der Waals surface area contributed by atoms with Crippen LogP contribution < -0.4 is 0 Å². The Labute approximate surface area is 172 Å². The number of hydrogen-bond donors (Lipinski definition) is 0. The molecule has 7 heteroatoms. The molecule has 2 aliphatic rings. The van der Waals surface area contributed by atoms with Gasteiger partial charge in [0, 0.05) is 39.0 Å². The van der Waals surface area contributed by atoms with Gasteiger partial charge in [0.05, 0.1) is 6.61 Å². The fourth-order valence-electron chi connectivity index (χ4n) is 4.13. The largest absolute Gasteiger partial charge is 0.593 e.